The summed E-state index contributed by atoms with van der Waals surface area (Å²) in [7, 11) is 0. The number of aromatic nitrogens is 1. The van der Waals surface area contributed by atoms with E-state index in [2.05, 4.69) is 140 Å². The maximum Gasteiger partial charge on any atom is 0.125 e. The van der Waals surface area contributed by atoms with Gasteiger partial charge in [0.25, 0.3) is 0 Å². The summed E-state index contributed by atoms with van der Waals surface area (Å²) in [5.41, 5.74) is 12.7. The Balaban J connectivity index is 1.42. The average molecular weight is 562 g/mol. The van der Waals surface area contributed by atoms with Crippen LogP contribution < -0.4 is 0 Å². The molecule has 2 heteroatoms. The van der Waals surface area contributed by atoms with Crippen molar-refractivity contribution in [1.82, 2.24) is 4.98 Å². The van der Waals surface area contributed by atoms with E-state index in [4.69, 9.17) is 4.98 Å². The molecule has 0 spiro atoms. The Labute approximate surface area is 252 Å². The molecule has 198 valence electrons. The topological polar surface area (TPSA) is 12.9 Å². The molecule has 10 rings (SSSR count). The number of fused-ring (bicyclic) bond motifs is 9. The van der Waals surface area contributed by atoms with Crippen LogP contribution in [0.2, 0.25) is 0 Å². The first kappa shape index (κ1) is 23.3. The van der Waals surface area contributed by atoms with Crippen molar-refractivity contribution in [1.29, 1.82) is 0 Å². The molecule has 7 aromatic carbocycles. The number of nitrogens with zero attached hydrogens (tertiary/aromatic N) is 1. The summed E-state index contributed by atoms with van der Waals surface area (Å²) in [6.07, 6.45) is 0. The molecule has 0 fully saturated rings. The van der Waals surface area contributed by atoms with Crippen molar-refractivity contribution in [2.45, 2.75) is 0 Å². The first-order chi connectivity index (χ1) is 21.3. The van der Waals surface area contributed by atoms with Gasteiger partial charge in [0.05, 0.1) is 10.2 Å². The molecule has 2 aliphatic rings. The van der Waals surface area contributed by atoms with Gasteiger partial charge in [-0.15, -0.1) is 11.3 Å². The van der Waals surface area contributed by atoms with E-state index in [-0.39, 0.29) is 0 Å². The summed E-state index contributed by atoms with van der Waals surface area (Å²) in [5.74, 6) is 0. The number of thiazole rings is 1. The van der Waals surface area contributed by atoms with E-state index in [9.17, 15) is 0 Å². The molecule has 1 heterocycles. The third kappa shape index (κ3) is 3.24. The highest BCUT2D eigenvalue weighted by Gasteiger charge is 2.39. The molecule has 0 saturated carbocycles. The standard InChI is InChI=1S/C41H23NS/c1-2-12-26-21-32-31(20-25(26)11-1)37(30-17-9-15-24-10-5-6-16-29(24)30)38-33-22-27-13-3-4-14-28(27)23-34(33)40(39(32)38)41-42-35-18-7-8-19-36(35)43-41/h1-23H. The second-order valence-corrected chi connectivity index (χ2v) is 12.5. The van der Waals surface area contributed by atoms with Crippen LogP contribution in [0.3, 0.4) is 0 Å². The Hall–Kier alpha value is -5.31. The predicted octanol–water partition coefficient (Wildman–Crippen LogP) is 11.0. The summed E-state index contributed by atoms with van der Waals surface area (Å²) >= 11 is 1.80. The highest BCUT2D eigenvalue weighted by molar-refractivity contribution is 7.19. The van der Waals surface area contributed by atoms with Crippen molar-refractivity contribution < 1.29 is 0 Å². The van der Waals surface area contributed by atoms with Gasteiger partial charge < -0.3 is 0 Å². The Morgan fingerprint density at radius 3 is 1.51 bits per heavy atom. The Kier molecular flexibility index (Phi) is 4.66. The van der Waals surface area contributed by atoms with E-state index in [1.165, 1.54) is 87.1 Å². The van der Waals surface area contributed by atoms with Gasteiger partial charge in [-0.25, -0.2) is 4.98 Å². The van der Waals surface area contributed by atoms with Crippen LogP contribution in [0.4, 0.5) is 0 Å². The van der Waals surface area contributed by atoms with Crippen LogP contribution in [-0.4, -0.2) is 4.98 Å². The first-order valence-corrected chi connectivity index (χ1v) is 15.5. The normalized spacial score (nSPS) is 13.9. The lowest BCUT2D eigenvalue weighted by atomic mass is 9.89. The van der Waals surface area contributed by atoms with Crippen LogP contribution in [-0.2, 0) is 0 Å². The second-order valence-electron chi connectivity index (χ2n) is 11.5. The minimum Gasteiger partial charge on any atom is -0.236 e. The van der Waals surface area contributed by atoms with Gasteiger partial charge in [-0.05, 0) is 108 Å². The van der Waals surface area contributed by atoms with Gasteiger partial charge in [0, 0.05) is 11.1 Å². The van der Waals surface area contributed by atoms with Crippen LogP contribution in [0.5, 0.6) is 0 Å². The fourth-order valence-electron chi connectivity index (χ4n) is 7.29. The predicted molar refractivity (Wildman–Crippen MR) is 183 cm³/mol. The number of hydrogen-bond donors (Lipinski definition) is 0. The van der Waals surface area contributed by atoms with Gasteiger partial charge in [-0.3, -0.25) is 0 Å². The summed E-state index contributed by atoms with van der Waals surface area (Å²) < 4.78 is 1.22. The molecule has 0 radical (unpaired) electrons. The summed E-state index contributed by atoms with van der Waals surface area (Å²) in [6.45, 7) is 0. The zero-order valence-corrected chi connectivity index (χ0v) is 24.0. The lowest BCUT2D eigenvalue weighted by Gasteiger charge is -2.14. The quantitative estimate of drug-likeness (QED) is 0.205. The Bertz CT molecular complexity index is 2520. The molecule has 0 aliphatic heterocycles. The first-order valence-electron chi connectivity index (χ1n) is 14.7. The van der Waals surface area contributed by atoms with E-state index in [0.717, 1.165) is 10.5 Å². The molecule has 0 amide bonds. The van der Waals surface area contributed by atoms with Crippen LogP contribution in [0, 0.1) is 0 Å². The summed E-state index contributed by atoms with van der Waals surface area (Å²) in [5, 5.41) is 8.67. The molecule has 2 aliphatic carbocycles. The van der Waals surface area contributed by atoms with Crippen molar-refractivity contribution in [3.05, 3.63) is 172 Å². The van der Waals surface area contributed by atoms with E-state index in [0.29, 0.717) is 0 Å². The van der Waals surface area contributed by atoms with Gasteiger partial charge in [0.1, 0.15) is 5.01 Å². The average Bonchev–Trinajstić information content (AvgIpc) is 3.72. The number of benzene rings is 7. The molecule has 0 saturated heterocycles. The maximum absolute atomic E-state index is 5.26. The fraction of sp³-hybridized carbons (Fsp3) is 0. The minimum absolute atomic E-state index is 1.06. The molecular formula is C41H23NS. The smallest absolute Gasteiger partial charge is 0.125 e. The van der Waals surface area contributed by atoms with Gasteiger partial charge in [-0.2, -0.15) is 0 Å². The molecule has 8 aromatic rings. The molecule has 1 aromatic heterocycles. The monoisotopic (exact) mass is 561 g/mol. The maximum atomic E-state index is 5.26. The van der Waals surface area contributed by atoms with Crippen molar-refractivity contribution in [3.8, 4) is 0 Å². The van der Waals surface area contributed by atoms with Gasteiger partial charge >= 0.3 is 0 Å². The van der Waals surface area contributed by atoms with Crippen molar-refractivity contribution in [2.75, 3.05) is 0 Å². The van der Waals surface area contributed by atoms with Crippen LogP contribution >= 0.6 is 11.3 Å². The highest BCUT2D eigenvalue weighted by Crippen LogP contribution is 2.60. The molecule has 43 heavy (non-hydrogen) atoms. The van der Waals surface area contributed by atoms with Crippen LogP contribution in [0.15, 0.2) is 140 Å². The molecule has 0 atom stereocenters. The zero-order chi connectivity index (χ0) is 28.1. The summed E-state index contributed by atoms with van der Waals surface area (Å²) in [4.78, 5) is 5.26. The fourth-order valence-corrected chi connectivity index (χ4v) is 8.32. The number of hydrogen-bond acceptors (Lipinski definition) is 2. The Morgan fingerprint density at radius 1 is 0.372 bits per heavy atom. The molecule has 0 unspecified atom stereocenters. The molecule has 0 N–H and O–H groups in total. The third-order valence-corrected chi connectivity index (χ3v) is 10.2. The van der Waals surface area contributed by atoms with E-state index in [1.54, 1.807) is 11.3 Å². The third-order valence-electron chi connectivity index (χ3n) is 9.17. The van der Waals surface area contributed by atoms with Crippen molar-refractivity contribution >= 4 is 76.2 Å². The van der Waals surface area contributed by atoms with E-state index in [1.807, 2.05) is 0 Å². The van der Waals surface area contributed by atoms with Gasteiger partial charge in [0.2, 0.25) is 0 Å². The van der Waals surface area contributed by atoms with Gasteiger partial charge in [-0.1, -0.05) is 103 Å². The molecular weight excluding hydrogens is 539 g/mol. The van der Waals surface area contributed by atoms with E-state index >= 15 is 0 Å². The largest absolute Gasteiger partial charge is 0.236 e. The highest BCUT2D eigenvalue weighted by atomic mass is 32.1. The SMILES string of the molecule is c1ccc2cc3c(cc2c1)C1=C(c2cccc4ccccc24)c2cc4ccccc4cc2C1=C3c1nc2ccccc2s1. The second kappa shape index (κ2) is 8.61. The van der Waals surface area contributed by atoms with E-state index < -0.39 is 0 Å². The Morgan fingerprint density at radius 2 is 0.860 bits per heavy atom. The minimum atomic E-state index is 1.06. The van der Waals surface area contributed by atoms with Crippen molar-refractivity contribution in [2.24, 2.45) is 0 Å². The number of allylic oxidation sites excluding steroid dienone is 2. The number of para-hydroxylation sites is 1. The lowest BCUT2D eigenvalue weighted by molar-refractivity contribution is 1.43. The summed E-state index contributed by atoms with van der Waals surface area (Å²) in [6, 6.07) is 51.2. The molecule has 1 nitrogen and oxygen atoms in total. The van der Waals surface area contributed by atoms with Crippen LogP contribution in [0.25, 0.3) is 64.8 Å². The number of rotatable bonds is 2. The zero-order valence-electron chi connectivity index (χ0n) is 23.1. The molecule has 0 bridgehead atoms. The van der Waals surface area contributed by atoms with Gasteiger partial charge in [0.15, 0.2) is 0 Å². The van der Waals surface area contributed by atoms with Crippen molar-refractivity contribution in [3.63, 3.8) is 0 Å². The lowest BCUT2D eigenvalue weighted by Crippen LogP contribution is -1.94. The van der Waals surface area contributed by atoms with Crippen LogP contribution in [0.1, 0.15) is 32.8 Å².